The minimum atomic E-state index is 0.424. The lowest BCUT2D eigenvalue weighted by atomic mass is 10.2. The van der Waals surface area contributed by atoms with Gasteiger partial charge in [-0.25, -0.2) is 14.5 Å². The number of imidazole rings is 1. The Kier molecular flexibility index (Phi) is 3.83. The highest BCUT2D eigenvalue weighted by Crippen LogP contribution is 2.35. The van der Waals surface area contributed by atoms with Gasteiger partial charge in [0.25, 0.3) is 0 Å². The van der Waals surface area contributed by atoms with Gasteiger partial charge in [0.15, 0.2) is 5.65 Å². The van der Waals surface area contributed by atoms with Crippen LogP contribution < -0.4 is 10.6 Å². The van der Waals surface area contributed by atoms with Gasteiger partial charge in [0, 0.05) is 24.3 Å². The molecule has 29 heavy (non-hydrogen) atoms. The number of rotatable bonds is 5. The van der Waals surface area contributed by atoms with Gasteiger partial charge < -0.3 is 10.6 Å². The van der Waals surface area contributed by atoms with E-state index in [1.807, 2.05) is 51.9 Å². The van der Waals surface area contributed by atoms with E-state index in [-0.39, 0.29) is 0 Å². The maximum absolute atomic E-state index is 4.84. The molecule has 0 aromatic carbocycles. The van der Waals surface area contributed by atoms with E-state index in [1.165, 1.54) is 12.8 Å². The molecule has 8 nitrogen and oxygen atoms in total. The van der Waals surface area contributed by atoms with Gasteiger partial charge in [-0.2, -0.15) is 10.2 Å². The molecule has 0 bridgehead atoms. The van der Waals surface area contributed by atoms with Crippen molar-refractivity contribution in [2.75, 3.05) is 18.4 Å². The molecular formula is C21H22N8. The number of aromatic nitrogens is 6. The van der Waals surface area contributed by atoms with E-state index >= 15 is 0 Å². The third kappa shape index (κ3) is 3.15. The molecule has 4 aromatic heterocycles. The lowest BCUT2D eigenvalue weighted by Crippen LogP contribution is -2.22. The number of hydrogen-bond acceptors (Lipinski definition) is 6. The van der Waals surface area contributed by atoms with E-state index in [0.29, 0.717) is 12.1 Å². The maximum Gasteiger partial charge on any atom is 0.154 e. The zero-order valence-corrected chi connectivity index (χ0v) is 16.0. The van der Waals surface area contributed by atoms with E-state index in [0.717, 1.165) is 53.6 Å². The van der Waals surface area contributed by atoms with Gasteiger partial charge >= 0.3 is 0 Å². The second-order valence-electron chi connectivity index (χ2n) is 7.81. The van der Waals surface area contributed by atoms with Gasteiger partial charge in [-0.15, -0.1) is 0 Å². The summed E-state index contributed by atoms with van der Waals surface area (Å²) in [6, 6.07) is 11.0. The highest BCUT2D eigenvalue weighted by Gasteiger charge is 2.24. The van der Waals surface area contributed by atoms with Crippen LogP contribution in [0.2, 0.25) is 0 Å². The summed E-state index contributed by atoms with van der Waals surface area (Å²) in [7, 11) is 0. The van der Waals surface area contributed by atoms with Crippen LogP contribution in [0.15, 0.2) is 48.9 Å². The van der Waals surface area contributed by atoms with Crippen LogP contribution >= 0.6 is 0 Å². The second kappa shape index (κ2) is 6.66. The number of fused-ring (bicyclic) bond motifs is 1. The lowest BCUT2D eigenvalue weighted by molar-refractivity contribution is 0.642. The average molecular weight is 386 g/mol. The Morgan fingerprint density at radius 1 is 1.03 bits per heavy atom. The minimum Gasteiger partial charge on any atom is -0.366 e. The summed E-state index contributed by atoms with van der Waals surface area (Å²) in [5, 5.41) is 16.2. The van der Waals surface area contributed by atoms with Crippen molar-refractivity contribution in [2.24, 2.45) is 0 Å². The zero-order valence-electron chi connectivity index (χ0n) is 16.0. The van der Waals surface area contributed by atoms with E-state index < -0.39 is 0 Å². The molecule has 4 aromatic rings. The van der Waals surface area contributed by atoms with Crippen molar-refractivity contribution >= 4 is 11.5 Å². The molecule has 0 radical (unpaired) electrons. The molecule has 2 N–H and O–H groups in total. The molecular weight excluding hydrogens is 364 g/mol. The molecule has 2 fully saturated rings. The van der Waals surface area contributed by atoms with E-state index in [1.54, 1.807) is 0 Å². The standard InChI is InChI=1S/C21H22N8/c1-2-18(26-20(3-1)25-15-8-9-22-11-15)19-12-23-21-7-6-17(27-29(19)21)14-10-24-28(13-14)16-4-5-16/h1-3,6-7,10,12-13,15-16,22H,4-5,8-9,11H2,(H,25,26). The Balaban J connectivity index is 1.35. The number of pyridine rings is 1. The van der Waals surface area contributed by atoms with Crippen molar-refractivity contribution in [3.8, 4) is 22.6 Å². The minimum absolute atomic E-state index is 0.424. The molecule has 8 heteroatoms. The molecule has 146 valence electrons. The largest absolute Gasteiger partial charge is 0.366 e. The van der Waals surface area contributed by atoms with E-state index in [2.05, 4.69) is 26.9 Å². The molecule has 0 amide bonds. The quantitative estimate of drug-likeness (QED) is 0.549. The predicted octanol–water partition coefficient (Wildman–Crippen LogP) is 2.76. The van der Waals surface area contributed by atoms with Gasteiger partial charge in [-0.05, 0) is 50.1 Å². The molecule has 0 spiro atoms. The Hall–Kier alpha value is -3.26. The molecule has 1 saturated heterocycles. The second-order valence-corrected chi connectivity index (χ2v) is 7.81. The van der Waals surface area contributed by atoms with Crippen LogP contribution in [0, 0.1) is 0 Å². The molecule has 1 aliphatic heterocycles. The summed E-state index contributed by atoms with van der Waals surface area (Å²) in [5.74, 6) is 0.882. The van der Waals surface area contributed by atoms with Crippen molar-refractivity contribution in [2.45, 2.75) is 31.3 Å². The van der Waals surface area contributed by atoms with Crippen molar-refractivity contribution in [1.82, 2.24) is 34.7 Å². The Morgan fingerprint density at radius 3 is 2.86 bits per heavy atom. The van der Waals surface area contributed by atoms with Crippen molar-refractivity contribution in [3.63, 3.8) is 0 Å². The summed E-state index contributed by atoms with van der Waals surface area (Å²) >= 11 is 0. The summed E-state index contributed by atoms with van der Waals surface area (Å²) in [4.78, 5) is 9.33. The highest BCUT2D eigenvalue weighted by atomic mass is 15.3. The smallest absolute Gasteiger partial charge is 0.154 e. The number of nitrogens with one attached hydrogen (secondary N) is 2. The fraction of sp³-hybridized carbons (Fsp3) is 0.333. The van der Waals surface area contributed by atoms with Gasteiger partial charge in [-0.3, -0.25) is 4.68 Å². The summed E-state index contributed by atoms with van der Waals surface area (Å²) < 4.78 is 3.91. The highest BCUT2D eigenvalue weighted by molar-refractivity contribution is 5.64. The SMILES string of the molecule is c1cc(NC2CCNC2)nc(-c2cnc3ccc(-c4cnn(C5CC5)c4)nn23)c1. The van der Waals surface area contributed by atoms with E-state index in [9.17, 15) is 0 Å². The van der Waals surface area contributed by atoms with E-state index in [4.69, 9.17) is 10.1 Å². The first-order valence-electron chi connectivity index (χ1n) is 10.2. The van der Waals surface area contributed by atoms with Crippen molar-refractivity contribution < 1.29 is 0 Å². The van der Waals surface area contributed by atoms with Gasteiger partial charge in [-0.1, -0.05) is 6.07 Å². The Morgan fingerprint density at radius 2 is 2.00 bits per heavy atom. The monoisotopic (exact) mass is 386 g/mol. The molecule has 1 aliphatic carbocycles. The molecule has 2 aliphatic rings. The number of hydrogen-bond donors (Lipinski definition) is 2. The van der Waals surface area contributed by atoms with Crippen LogP contribution in [0.1, 0.15) is 25.3 Å². The average Bonchev–Trinajstić information content (AvgIpc) is 3.13. The third-order valence-electron chi connectivity index (χ3n) is 5.60. The van der Waals surface area contributed by atoms with Gasteiger partial charge in [0.2, 0.25) is 0 Å². The van der Waals surface area contributed by atoms with Crippen LogP contribution in [0.4, 0.5) is 5.82 Å². The van der Waals surface area contributed by atoms with Crippen molar-refractivity contribution in [3.05, 3.63) is 48.9 Å². The molecule has 1 atom stereocenters. The Bertz CT molecular complexity index is 1170. The molecule has 1 saturated carbocycles. The first-order valence-corrected chi connectivity index (χ1v) is 10.2. The van der Waals surface area contributed by atoms with Crippen LogP contribution in [0.5, 0.6) is 0 Å². The molecule has 5 heterocycles. The third-order valence-corrected chi connectivity index (χ3v) is 5.60. The fourth-order valence-electron chi connectivity index (χ4n) is 3.86. The zero-order chi connectivity index (χ0) is 19.2. The number of nitrogens with zero attached hydrogens (tertiary/aromatic N) is 6. The lowest BCUT2D eigenvalue weighted by Gasteiger charge is -2.12. The molecule has 1 unspecified atom stereocenters. The number of anilines is 1. The van der Waals surface area contributed by atoms with Crippen LogP contribution in [-0.4, -0.2) is 48.5 Å². The Labute approximate surface area is 168 Å². The van der Waals surface area contributed by atoms with Gasteiger partial charge in [0.1, 0.15) is 11.5 Å². The topological polar surface area (TPSA) is 85.0 Å². The fourth-order valence-corrected chi connectivity index (χ4v) is 3.86. The predicted molar refractivity (Wildman–Crippen MR) is 111 cm³/mol. The molecule has 6 rings (SSSR count). The van der Waals surface area contributed by atoms with Crippen LogP contribution in [-0.2, 0) is 0 Å². The van der Waals surface area contributed by atoms with Crippen LogP contribution in [0.3, 0.4) is 0 Å². The van der Waals surface area contributed by atoms with Crippen molar-refractivity contribution in [1.29, 1.82) is 0 Å². The summed E-state index contributed by atoms with van der Waals surface area (Å²) in [6.45, 7) is 2.02. The summed E-state index contributed by atoms with van der Waals surface area (Å²) in [5.41, 5.74) is 4.44. The first-order chi connectivity index (χ1) is 14.3. The van der Waals surface area contributed by atoms with Crippen LogP contribution in [0.25, 0.3) is 28.3 Å². The maximum atomic E-state index is 4.84. The normalized spacial score (nSPS) is 19.1. The van der Waals surface area contributed by atoms with Gasteiger partial charge in [0.05, 0.1) is 29.8 Å². The first kappa shape index (κ1) is 16.7. The summed E-state index contributed by atoms with van der Waals surface area (Å²) in [6.07, 6.45) is 9.35.